The van der Waals surface area contributed by atoms with E-state index in [0.29, 0.717) is 18.3 Å². The first kappa shape index (κ1) is 14.2. The summed E-state index contributed by atoms with van der Waals surface area (Å²) >= 11 is 0. The first-order chi connectivity index (χ1) is 8.96. The predicted octanol–water partition coefficient (Wildman–Crippen LogP) is 2.12. The van der Waals surface area contributed by atoms with E-state index in [1.54, 1.807) is 6.92 Å². The maximum absolute atomic E-state index is 12.0. The van der Waals surface area contributed by atoms with E-state index in [1.807, 2.05) is 6.92 Å². The molecular formula is C14H24N2O3. The van der Waals surface area contributed by atoms with Crippen LogP contribution < -0.4 is 10.6 Å². The summed E-state index contributed by atoms with van der Waals surface area (Å²) in [5.74, 6) is 0.250. The van der Waals surface area contributed by atoms with Crippen molar-refractivity contribution in [1.29, 1.82) is 0 Å². The molecule has 0 bridgehead atoms. The number of urea groups is 1. The highest BCUT2D eigenvalue weighted by Crippen LogP contribution is 2.44. The number of carboxylic acids is 1. The van der Waals surface area contributed by atoms with Crippen molar-refractivity contribution < 1.29 is 14.7 Å². The highest BCUT2D eigenvalue weighted by Gasteiger charge is 2.43. The fourth-order valence-corrected chi connectivity index (χ4v) is 2.69. The quantitative estimate of drug-likeness (QED) is 0.661. The molecule has 0 heterocycles. The second-order valence-corrected chi connectivity index (χ2v) is 6.19. The Morgan fingerprint density at radius 1 is 1.26 bits per heavy atom. The van der Waals surface area contributed by atoms with E-state index in [-0.39, 0.29) is 12.1 Å². The van der Waals surface area contributed by atoms with E-state index in [4.69, 9.17) is 0 Å². The molecule has 108 valence electrons. The predicted molar refractivity (Wildman–Crippen MR) is 71.9 cm³/mol. The number of hydrogen-bond acceptors (Lipinski definition) is 2. The van der Waals surface area contributed by atoms with Crippen LogP contribution >= 0.6 is 0 Å². The third kappa shape index (κ3) is 3.61. The SMILES string of the molecule is CCCC(C)(NC(=O)NC(C1CC1)C1CC1)C(=O)O. The van der Waals surface area contributed by atoms with Gasteiger partial charge in [0.2, 0.25) is 0 Å². The Balaban J connectivity index is 1.89. The normalized spacial score (nSPS) is 21.8. The highest BCUT2D eigenvalue weighted by atomic mass is 16.4. The van der Waals surface area contributed by atoms with Crippen LogP contribution in [0.2, 0.25) is 0 Å². The number of hydrogen-bond donors (Lipinski definition) is 3. The molecule has 5 heteroatoms. The van der Waals surface area contributed by atoms with Crippen LogP contribution in [0.5, 0.6) is 0 Å². The molecule has 2 fully saturated rings. The minimum Gasteiger partial charge on any atom is -0.480 e. The number of nitrogens with one attached hydrogen (secondary N) is 2. The van der Waals surface area contributed by atoms with Crippen LogP contribution in [0.15, 0.2) is 0 Å². The minimum absolute atomic E-state index is 0.250. The van der Waals surface area contributed by atoms with Gasteiger partial charge in [0, 0.05) is 6.04 Å². The van der Waals surface area contributed by atoms with Crippen molar-refractivity contribution in [1.82, 2.24) is 10.6 Å². The molecule has 1 atom stereocenters. The van der Waals surface area contributed by atoms with Gasteiger partial charge in [-0.05, 0) is 50.9 Å². The van der Waals surface area contributed by atoms with Gasteiger partial charge in [0.05, 0.1) is 0 Å². The third-order valence-corrected chi connectivity index (χ3v) is 4.17. The van der Waals surface area contributed by atoms with Crippen molar-refractivity contribution >= 4 is 12.0 Å². The Kier molecular flexibility index (Phi) is 4.02. The number of carbonyl (C=O) groups is 2. The summed E-state index contributed by atoms with van der Waals surface area (Å²) in [6, 6.07) is -0.0816. The van der Waals surface area contributed by atoms with Crippen LogP contribution in [0.25, 0.3) is 0 Å². The second kappa shape index (κ2) is 5.39. The third-order valence-electron chi connectivity index (χ3n) is 4.17. The lowest BCUT2D eigenvalue weighted by Gasteiger charge is -2.27. The minimum atomic E-state index is -1.17. The highest BCUT2D eigenvalue weighted by molar-refractivity contribution is 5.86. The molecule has 0 spiro atoms. The van der Waals surface area contributed by atoms with Crippen LogP contribution in [0.3, 0.4) is 0 Å². The lowest BCUT2D eigenvalue weighted by Crippen LogP contribution is -2.57. The van der Waals surface area contributed by atoms with Crippen LogP contribution in [-0.2, 0) is 4.79 Å². The fraction of sp³-hybridized carbons (Fsp3) is 0.857. The topological polar surface area (TPSA) is 78.4 Å². The first-order valence-electron chi connectivity index (χ1n) is 7.28. The van der Waals surface area contributed by atoms with Crippen LogP contribution in [0.1, 0.15) is 52.4 Å². The van der Waals surface area contributed by atoms with Gasteiger partial charge < -0.3 is 15.7 Å². The van der Waals surface area contributed by atoms with Crippen molar-refractivity contribution in [2.24, 2.45) is 11.8 Å². The summed E-state index contributed by atoms with van der Waals surface area (Å²) < 4.78 is 0. The Morgan fingerprint density at radius 3 is 2.16 bits per heavy atom. The molecule has 0 aliphatic heterocycles. The first-order valence-corrected chi connectivity index (χ1v) is 7.28. The molecule has 2 aliphatic carbocycles. The number of carboxylic acid groups (broad SMARTS) is 1. The average molecular weight is 268 g/mol. The van der Waals surface area contributed by atoms with E-state index in [9.17, 15) is 14.7 Å². The maximum Gasteiger partial charge on any atom is 0.329 e. The summed E-state index contributed by atoms with van der Waals surface area (Å²) in [5, 5.41) is 14.9. The fourth-order valence-electron chi connectivity index (χ4n) is 2.69. The average Bonchev–Trinajstić information content (AvgIpc) is 3.17. The molecule has 2 saturated carbocycles. The van der Waals surface area contributed by atoms with Crippen LogP contribution in [0.4, 0.5) is 4.79 Å². The number of rotatable bonds is 7. The van der Waals surface area contributed by atoms with E-state index in [2.05, 4.69) is 10.6 Å². The lowest BCUT2D eigenvalue weighted by atomic mass is 9.96. The van der Waals surface area contributed by atoms with Gasteiger partial charge in [-0.2, -0.15) is 0 Å². The largest absolute Gasteiger partial charge is 0.480 e. The van der Waals surface area contributed by atoms with E-state index >= 15 is 0 Å². The monoisotopic (exact) mass is 268 g/mol. The Labute approximate surface area is 114 Å². The van der Waals surface area contributed by atoms with Gasteiger partial charge in [0.25, 0.3) is 0 Å². The lowest BCUT2D eigenvalue weighted by molar-refractivity contribution is -0.144. The van der Waals surface area contributed by atoms with Gasteiger partial charge in [0.15, 0.2) is 0 Å². The number of amides is 2. The van der Waals surface area contributed by atoms with Gasteiger partial charge in [-0.1, -0.05) is 13.3 Å². The molecule has 0 saturated heterocycles. The Bertz CT molecular complexity index is 352. The number of carbonyl (C=O) groups excluding carboxylic acids is 1. The van der Waals surface area contributed by atoms with Gasteiger partial charge in [-0.25, -0.2) is 9.59 Å². The Morgan fingerprint density at radius 2 is 1.79 bits per heavy atom. The van der Waals surface area contributed by atoms with E-state index < -0.39 is 11.5 Å². The van der Waals surface area contributed by atoms with Crippen molar-refractivity contribution in [2.75, 3.05) is 0 Å². The van der Waals surface area contributed by atoms with Crippen molar-refractivity contribution in [3.8, 4) is 0 Å². The van der Waals surface area contributed by atoms with Crippen molar-refractivity contribution in [3.63, 3.8) is 0 Å². The molecule has 19 heavy (non-hydrogen) atoms. The zero-order valence-corrected chi connectivity index (χ0v) is 11.7. The second-order valence-electron chi connectivity index (χ2n) is 6.19. The summed E-state index contributed by atoms with van der Waals surface area (Å²) in [6.45, 7) is 3.49. The van der Waals surface area contributed by atoms with Gasteiger partial charge in [-0.3, -0.25) is 0 Å². The molecule has 0 aromatic carbocycles. The summed E-state index contributed by atoms with van der Waals surface area (Å²) in [7, 11) is 0. The zero-order valence-electron chi connectivity index (χ0n) is 11.7. The van der Waals surface area contributed by atoms with Crippen molar-refractivity contribution in [3.05, 3.63) is 0 Å². The van der Waals surface area contributed by atoms with E-state index in [1.165, 1.54) is 25.7 Å². The zero-order chi connectivity index (χ0) is 14.0. The summed E-state index contributed by atoms with van der Waals surface area (Å²) in [6.07, 6.45) is 5.91. The Hall–Kier alpha value is -1.26. The molecule has 1 unspecified atom stereocenters. The number of aliphatic carboxylic acids is 1. The van der Waals surface area contributed by atoms with Gasteiger partial charge >= 0.3 is 12.0 Å². The summed E-state index contributed by atoms with van der Waals surface area (Å²) in [5.41, 5.74) is -1.17. The molecule has 2 aliphatic rings. The van der Waals surface area contributed by atoms with Crippen LogP contribution in [0, 0.1) is 11.8 Å². The molecule has 2 amide bonds. The molecule has 2 rings (SSSR count). The summed E-state index contributed by atoms with van der Waals surface area (Å²) in [4.78, 5) is 23.3. The van der Waals surface area contributed by atoms with Gasteiger partial charge in [-0.15, -0.1) is 0 Å². The molecule has 3 N–H and O–H groups in total. The molecular weight excluding hydrogens is 244 g/mol. The molecule has 5 nitrogen and oxygen atoms in total. The van der Waals surface area contributed by atoms with Gasteiger partial charge in [0.1, 0.15) is 5.54 Å². The molecule has 0 aromatic rings. The maximum atomic E-state index is 12.0. The van der Waals surface area contributed by atoms with Crippen LogP contribution in [-0.4, -0.2) is 28.7 Å². The molecule has 0 aromatic heterocycles. The molecule has 0 radical (unpaired) electrons. The standard InChI is InChI=1S/C14H24N2O3/c1-3-8-14(2,12(17)18)16-13(19)15-11(9-4-5-9)10-6-7-10/h9-11H,3-8H2,1-2H3,(H,17,18)(H2,15,16,19). The van der Waals surface area contributed by atoms with E-state index in [0.717, 1.165) is 6.42 Å². The smallest absolute Gasteiger partial charge is 0.329 e. The van der Waals surface area contributed by atoms with Crippen molar-refractivity contribution in [2.45, 2.75) is 64.0 Å².